The highest BCUT2D eigenvalue weighted by atomic mass is 33.1. The lowest BCUT2D eigenvalue weighted by molar-refractivity contribution is -0.138. The smallest absolute Gasteiger partial charge is 0.249 e. The molecular formula is C37H65N3O4S2. The molecule has 0 aliphatic rings. The summed E-state index contributed by atoms with van der Waals surface area (Å²) in [7, 11) is 4.89. The van der Waals surface area contributed by atoms with Gasteiger partial charge in [-0.15, -0.1) is 0 Å². The van der Waals surface area contributed by atoms with E-state index in [0.717, 1.165) is 62.9 Å². The second-order valence-electron chi connectivity index (χ2n) is 10.9. The highest BCUT2D eigenvalue weighted by molar-refractivity contribution is 8.76. The van der Waals surface area contributed by atoms with Crippen LogP contribution in [0.25, 0.3) is 0 Å². The second-order valence-corrected chi connectivity index (χ2v) is 13.6. The first-order valence-corrected chi connectivity index (χ1v) is 19.6. The van der Waals surface area contributed by atoms with Crippen molar-refractivity contribution in [2.45, 2.75) is 112 Å². The maximum absolute atomic E-state index is 12.4. The summed E-state index contributed by atoms with van der Waals surface area (Å²) >= 11 is 0. The fraction of sp³-hybridized carbons (Fsp3) is 0.649. The van der Waals surface area contributed by atoms with E-state index in [4.69, 9.17) is 4.74 Å². The first kappa shape index (κ1) is 45.9. The van der Waals surface area contributed by atoms with E-state index in [1.165, 1.54) is 7.11 Å². The molecule has 264 valence electrons. The van der Waals surface area contributed by atoms with Gasteiger partial charge in [0.15, 0.2) is 0 Å². The molecule has 46 heavy (non-hydrogen) atoms. The number of rotatable bonds is 27. The van der Waals surface area contributed by atoms with Gasteiger partial charge in [0.1, 0.15) is 6.10 Å². The number of ether oxygens (including phenoxy) is 1. The van der Waals surface area contributed by atoms with Crippen LogP contribution < -0.4 is 16.0 Å². The molecule has 0 aromatic heterocycles. The summed E-state index contributed by atoms with van der Waals surface area (Å²) in [5.41, 5.74) is -0.268. The lowest BCUT2D eigenvalue weighted by Gasteiger charge is -2.31. The summed E-state index contributed by atoms with van der Waals surface area (Å²) in [6, 6.07) is 0. The van der Waals surface area contributed by atoms with Gasteiger partial charge in [0.2, 0.25) is 17.7 Å². The zero-order valence-electron chi connectivity index (χ0n) is 29.9. The van der Waals surface area contributed by atoms with Crippen molar-refractivity contribution in [2.24, 2.45) is 5.41 Å². The van der Waals surface area contributed by atoms with Crippen molar-refractivity contribution in [1.82, 2.24) is 16.0 Å². The molecule has 0 aliphatic heterocycles. The Balaban J connectivity index is 0. The van der Waals surface area contributed by atoms with Crippen LogP contribution in [0.2, 0.25) is 0 Å². The van der Waals surface area contributed by atoms with Gasteiger partial charge < -0.3 is 20.7 Å². The number of carbonyl (C=O) groups is 3. The maximum Gasteiger partial charge on any atom is 0.249 e. The summed E-state index contributed by atoms with van der Waals surface area (Å²) in [6.07, 6.45) is 29.7. The highest BCUT2D eigenvalue weighted by Crippen LogP contribution is 2.27. The van der Waals surface area contributed by atoms with Gasteiger partial charge in [0, 0.05) is 51.1 Å². The van der Waals surface area contributed by atoms with E-state index in [1.807, 2.05) is 34.6 Å². The minimum Gasteiger partial charge on any atom is -0.371 e. The number of hydrogen-bond acceptors (Lipinski definition) is 6. The average molecular weight is 680 g/mol. The molecule has 3 amide bonds. The van der Waals surface area contributed by atoms with E-state index in [9.17, 15) is 14.4 Å². The minimum absolute atomic E-state index is 0.0866. The third-order valence-electron chi connectivity index (χ3n) is 6.78. The van der Waals surface area contributed by atoms with E-state index in [1.54, 1.807) is 21.6 Å². The molecule has 0 aliphatic carbocycles. The fourth-order valence-corrected chi connectivity index (χ4v) is 5.68. The molecule has 0 aromatic rings. The van der Waals surface area contributed by atoms with E-state index in [-0.39, 0.29) is 36.1 Å². The second kappa shape index (κ2) is 34.1. The molecule has 0 spiro atoms. The van der Waals surface area contributed by atoms with E-state index >= 15 is 0 Å². The Bertz CT molecular complexity index is 914. The lowest BCUT2D eigenvalue weighted by atomic mass is 9.83. The van der Waals surface area contributed by atoms with Crippen LogP contribution in [0, 0.1) is 5.41 Å². The molecular weight excluding hydrogens is 615 g/mol. The number of amides is 3. The summed E-state index contributed by atoms with van der Waals surface area (Å²) in [5, 5.41) is 8.64. The number of hydrogen-bond donors (Lipinski definition) is 3. The van der Waals surface area contributed by atoms with Crippen molar-refractivity contribution < 1.29 is 19.1 Å². The van der Waals surface area contributed by atoms with Crippen molar-refractivity contribution >= 4 is 39.3 Å². The molecule has 0 bridgehead atoms. The molecule has 7 nitrogen and oxygen atoms in total. The quantitative estimate of drug-likeness (QED) is 0.0458. The van der Waals surface area contributed by atoms with Gasteiger partial charge in [-0.2, -0.15) is 0 Å². The van der Waals surface area contributed by atoms with Crippen LogP contribution in [0.5, 0.6) is 0 Å². The standard InChI is InChI=1S/C35H59N3O4S2.C2H6/c1-6-8-9-10-11-12-13-14-15-16-17-18-19-20-21-22-23-24-31(39)36-27-29-43-44-30-28-37-32(40)25-26-38-34(41)33(42-5)35(3,4)7-2;1-2/h8-9,11-12,14-15,17-18,20-21,33H,6-7,10,13,16,19,22-30H2,1-5H3,(H,36,39)(H,37,40)(H,38,41);1-2H3/b9-8-,12-11-,15-14-,18-17-,21-20-;/t33-;/m0./s1. The van der Waals surface area contributed by atoms with E-state index < -0.39 is 6.10 Å². The Labute approximate surface area is 289 Å². The number of methoxy groups -OCH3 is 1. The van der Waals surface area contributed by atoms with Gasteiger partial charge in [0.05, 0.1) is 0 Å². The van der Waals surface area contributed by atoms with Crippen LogP contribution >= 0.6 is 21.6 Å². The molecule has 0 saturated heterocycles. The Morgan fingerprint density at radius 3 is 1.59 bits per heavy atom. The average Bonchev–Trinajstić information content (AvgIpc) is 3.04. The van der Waals surface area contributed by atoms with Gasteiger partial charge in [-0.1, -0.05) is 124 Å². The normalized spacial score (nSPS) is 12.7. The van der Waals surface area contributed by atoms with Crippen LogP contribution in [0.15, 0.2) is 60.8 Å². The largest absolute Gasteiger partial charge is 0.371 e. The van der Waals surface area contributed by atoms with Gasteiger partial charge in [-0.25, -0.2) is 0 Å². The van der Waals surface area contributed by atoms with Crippen LogP contribution in [-0.4, -0.2) is 62.1 Å². The topological polar surface area (TPSA) is 96.5 Å². The van der Waals surface area contributed by atoms with Crippen LogP contribution in [0.3, 0.4) is 0 Å². The van der Waals surface area contributed by atoms with Gasteiger partial charge in [-0.3, -0.25) is 14.4 Å². The summed E-state index contributed by atoms with van der Waals surface area (Å²) in [5.74, 6) is 1.42. The summed E-state index contributed by atoms with van der Waals surface area (Å²) < 4.78 is 5.37. The monoisotopic (exact) mass is 679 g/mol. The Morgan fingerprint density at radius 2 is 1.13 bits per heavy atom. The molecule has 1 atom stereocenters. The maximum atomic E-state index is 12.4. The van der Waals surface area contributed by atoms with Gasteiger partial charge >= 0.3 is 0 Å². The van der Waals surface area contributed by atoms with Crippen molar-refractivity contribution in [3.05, 3.63) is 60.8 Å². The first-order valence-electron chi connectivity index (χ1n) is 17.1. The lowest BCUT2D eigenvalue weighted by Crippen LogP contribution is -2.45. The van der Waals surface area contributed by atoms with Crippen LogP contribution in [0.4, 0.5) is 0 Å². The molecule has 0 saturated carbocycles. The predicted octanol–water partition coefficient (Wildman–Crippen LogP) is 8.51. The minimum atomic E-state index is -0.539. The van der Waals surface area contributed by atoms with Gasteiger partial charge in [-0.05, 0) is 56.8 Å². The zero-order chi connectivity index (χ0) is 34.7. The summed E-state index contributed by atoms with van der Waals surface area (Å²) in [4.78, 5) is 36.4. The number of carbonyl (C=O) groups excluding carboxylic acids is 3. The molecule has 0 rings (SSSR count). The molecule has 3 N–H and O–H groups in total. The Morgan fingerprint density at radius 1 is 0.674 bits per heavy atom. The van der Waals surface area contributed by atoms with E-state index in [0.29, 0.717) is 19.5 Å². The van der Waals surface area contributed by atoms with Crippen LogP contribution in [-0.2, 0) is 19.1 Å². The predicted molar refractivity (Wildman–Crippen MR) is 203 cm³/mol. The van der Waals surface area contributed by atoms with Crippen molar-refractivity contribution in [3.8, 4) is 0 Å². The van der Waals surface area contributed by atoms with Crippen molar-refractivity contribution in [3.63, 3.8) is 0 Å². The molecule has 0 fully saturated rings. The molecule has 9 heteroatoms. The SMILES string of the molecule is CC.CC/C=C\C/C=C\C/C=C\C/C=C\C/C=C\CCCC(=O)NCCSSCCNC(=O)CCNC(=O)[C@H](OC)C(C)(C)CC. The molecule has 0 unspecified atom stereocenters. The van der Waals surface area contributed by atoms with Crippen molar-refractivity contribution in [1.29, 1.82) is 0 Å². The number of nitrogens with one attached hydrogen (secondary N) is 3. The third-order valence-corrected chi connectivity index (χ3v) is 9.19. The first-order chi connectivity index (χ1) is 22.3. The Hall–Kier alpha value is -2.23. The molecule has 0 radical (unpaired) electrons. The molecule has 0 heterocycles. The highest BCUT2D eigenvalue weighted by Gasteiger charge is 2.33. The fourth-order valence-electron chi connectivity index (χ4n) is 3.87. The van der Waals surface area contributed by atoms with Crippen LogP contribution in [0.1, 0.15) is 106 Å². The van der Waals surface area contributed by atoms with Crippen molar-refractivity contribution in [2.75, 3.05) is 38.2 Å². The summed E-state index contributed by atoms with van der Waals surface area (Å²) in [6.45, 7) is 13.6. The van der Waals surface area contributed by atoms with Gasteiger partial charge in [0.25, 0.3) is 0 Å². The van der Waals surface area contributed by atoms with E-state index in [2.05, 4.69) is 83.6 Å². The zero-order valence-corrected chi connectivity index (χ0v) is 31.5. The molecule has 0 aromatic carbocycles. The number of allylic oxidation sites excluding steroid dienone is 10. The number of unbranched alkanes of at least 4 members (excludes halogenated alkanes) is 1. The Kier molecular flexibility index (Phi) is 34.0. The third kappa shape index (κ3) is 29.2.